The molecule has 3 aromatic heterocycles. The van der Waals surface area contributed by atoms with E-state index in [0.717, 1.165) is 55.7 Å². The van der Waals surface area contributed by atoms with Crippen LogP contribution in [0, 0.1) is 32.1 Å². The van der Waals surface area contributed by atoms with Crippen LogP contribution in [-0.2, 0) is 6.18 Å². The van der Waals surface area contributed by atoms with Crippen LogP contribution in [0.3, 0.4) is 0 Å². The molecule has 5 aromatic carbocycles. The van der Waals surface area contributed by atoms with E-state index in [2.05, 4.69) is 34.9 Å². The molecule has 0 aliphatic carbocycles. The molecule has 0 atom stereocenters. The SMILES string of the molecule is Cc1ccc2c3ccccc3n(-c3cc(-c4nc(C)cc(C)n4)c(C#N)cc3-n3c4ccccc4c4ccc(C(F)(F)F)cc43)c2c1. The molecular weight excluding hydrogens is 595 g/mol. The molecule has 0 spiro atoms. The van der Waals surface area contributed by atoms with Crippen LogP contribution in [0.15, 0.2) is 103 Å². The van der Waals surface area contributed by atoms with Gasteiger partial charge >= 0.3 is 6.18 Å². The minimum absolute atomic E-state index is 0.309. The van der Waals surface area contributed by atoms with E-state index in [-0.39, 0.29) is 0 Å². The molecule has 0 N–H and O–H groups in total. The largest absolute Gasteiger partial charge is 0.416 e. The maximum absolute atomic E-state index is 14.1. The molecule has 0 saturated heterocycles. The van der Waals surface area contributed by atoms with Crippen LogP contribution in [0.25, 0.3) is 66.4 Å². The smallest absolute Gasteiger partial charge is 0.307 e. The second kappa shape index (κ2) is 10.3. The number of para-hydroxylation sites is 2. The Hall–Kier alpha value is -5.94. The Balaban J connectivity index is 1.59. The summed E-state index contributed by atoms with van der Waals surface area (Å²) in [4.78, 5) is 9.40. The van der Waals surface area contributed by atoms with Crippen molar-refractivity contribution in [3.8, 4) is 28.8 Å². The number of aryl methyl sites for hydroxylation is 3. The van der Waals surface area contributed by atoms with Gasteiger partial charge in [0.15, 0.2) is 5.82 Å². The van der Waals surface area contributed by atoms with Crippen LogP contribution in [0.5, 0.6) is 0 Å². The Morgan fingerprint density at radius 2 is 1.13 bits per heavy atom. The fourth-order valence-corrected chi connectivity index (χ4v) is 6.81. The van der Waals surface area contributed by atoms with Crippen LogP contribution >= 0.6 is 0 Å². The first-order chi connectivity index (χ1) is 22.6. The molecule has 0 aliphatic rings. The lowest BCUT2D eigenvalue weighted by Crippen LogP contribution is -2.08. The van der Waals surface area contributed by atoms with Crippen LogP contribution in [0.2, 0.25) is 0 Å². The summed E-state index contributed by atoms with van der Waals surface area (Å²) in [6.07, 6.45) is -4.54. The lowest BCUT2D eigenvalue weighted by molar-refractivity contribution is -0.137. The fourth-order valence-electron chi connectivity index (χ4n) is 6.81. The maximum atomic E-state index is 14.1. The molecule has 0 radical (unpaired) electrons. The third kappa shape index (κ3) is 4.46. The average molecular weight is 622 g/mol. The van der Waals surface area contributed by atoms with E-state index in [4.69, 9.17) is 9.97 Å². The van der Waals surface area contributed by atoms with Gasteiger partial charge in [-0.1, -0.05) is 54.6 Å². The summed E-state index contributed by atoms with van der Waals surface area (Å²) in [5, 5.41) is 14.1. The van der Waals surface area contributed by atoms with Crippen LogP contribution in [0.1, 0.15) is 28.1 Å². The number of fused-ring (bicyclic) bond motifs is 6. The topological polar surface area (TPSA) is 59.4 Å². The second-order valence-corrected chi connectivity index (χ2v) is 11.9. The van der Waals surface area contributed by atoms with Gasteiger partial charge in [0.2, 0.25) is 0 Å². The highest BCUT2D eigenvalue weighted by molar-refractivity contribution is 6.12. The normalized spacial score (nSPS) is 12.0. The van der Waals surface area contributed by atoms with Crippen molar-refractivity contribution in [1.82, 2.24) is 19.1 Å². The molecule has 3 heterocycles. The number of hydrogen-bond donors (Lipinski definition) is 0. The van der Waals surface area contributed by atoms with E-state index in [0.29, 0.717) is 39.2 Å². The Kier molecular flexibility index (Phi) is 6.25. The highest BCUT2D eigenvalue weighted by Gasteiger charge is 2.32. The van der Waals surface area contributed by atoms with E-state index in [1.165, 1.54) is 12.1 Å². The fraction of sp³-hybridized carbons (Fsp3) is 0.103. The maximum Gasteiger partial charge on any atom is 0.416 e. The Morgan fingerprint density at radius 1 is 0.596 bits per heavy atom. The molecule has 5 nitrogen and oxygen atoms in total. The third-order valence-electron chi connectivity index (χ3n) is 8.77. The van der Waals surface area contributed by atoms with Crippen LogP contribution in [0.4, 0.5) is 13.2 Å². The molecule has 0 saturated carbocycles. The number of hydrogen-bond acceptors (Lipinski definition) is 3. The molecule has 0 bridgehead atoms. The van der Waals surface area contributed by atoms with E-state index in [9.17, 15) is 18.4 Å². The molecule has 0 unspecified atom stereocenters. The summed E-state index contributed by atoms with van der Waals surface area (Å²) in [5.41, 5.74) is 6.88. The van der Waals surface area contributed by atoms with Crippen molar-refractivity contribution in [1.29, 1.82) is 5.26 Å². The summed E-state index contributed by atoms with van der Waals surface area (Å²) < 4.78 is 46.4. The lowest BCUT2D eigenvalue weighted by Gasteiger charge is -2.19. The summed E-state index contributed by atoms with van der Waals surface area (Å²) in [7, 11) is 0. The molecule has 8 heteroatoms. The van der Waals surface area contributed by atoms with Crippen molar-refractivity contribution in [2.45, 2.75) is 26.9 Å². The van der Waals surface area contributed by atoms with Gasteiger partial charge in [-0.15, -0.1) is 0 Å². The first kappa shape index (κ1) is 28.5. The van der Waals surface area contributed by atoms with Crippen molar-refractivity contribution in [3.05, 3.63) is 131 Å². The second-order valence-electron chi connectivity index (χ2n) is 11.9. The molecule has 0 aliphatic heterocycles. The van der Waals surface area contributed by atoms with E-state index >= 15 is 0 Å². The highest BCUT2D eigenvalue weighted by atomic mass is 19.4. The summed E-state index contributed by atoms with van der Waals surface area (Å²) in [6, 6.07) is 33.6. The predicted molar refractivity (Wildman–Crippen MR) is 180 cm³/mol. The van der Waals surface area contributed by atoms with Gasteiger partial charge in [0.25, 0.3) is 0 Å². The van der Waals surface area contributed by atoms with Gasteiger partial charge in [0, 0.05) is 38.5 Å². The number of halogens is 3. The molecule has 8 rings (SSSR count). The van der Waals surface area contributed by atoms with E-state index in [1.54, 1.807) is 6.07 Å². The van der Waals surface area contributed by atoms with Crippen molar-refractivity contribution < 1.29 is 13.2 Å². The molecule has 228 valence electrons. The molecule has 8 aromatic rings. The van der Waals surface area contributed by atoms with Gasteiger partial charge in [-0.2, -0.15) is 18.4 Å². The molecule has 0 amide bonds. The van der Waals surface area contributed by atoms with Crippen molar-refractivity contribution in [2.75, 3.05) is 0 Å². The van der Waals surface area contributed by atoms with Crippen molar-refractivity contribution in [3.63, 3.8) is 0 Å². The lowest BCUT2D eigenvalue weighted by atomic mass is 10.0. The van der Waals surface area contributed by atoms with Gasteiger partial charge in [0.05, 0.1) is 50.6 Å². The average Bonchev–Trinajstić information content (AvgIpc) is 3.55. The van der Waals surface area contributed by atoms with E-state index < -0.39 is 11.7 Å². The zero-order valence-corrected chi connectivity index (χ0v) is 25.7. The number of aromatic nitrogens is 4. The number of benzene rings is 5. The number of nitriles is 1. The highest BCUT2D eigenvalue weighted by Crippen LogP contribution is 2.42. The summed E-state index contributed by atoms with van der Waals surface area (Å²) in [6.45, 7) is 5.79. The minimum atomic E-state index is -4.54. The molecule has 47 heavy (non-hydrogen) atoms. The minimum Gasteiger partial charge on any atom is -0.307 e. The Labute approximate surface area is 267 Å². The quantitative estimate of drug-likeness (QED) is 0.197. The summed E-state index contributed by atoms with van der Waals surface area (Å²) in [5.74, 6) is 0.408. The Morgan fingerprint density at radius 3 is 1.72 bits per heavy atom. The van der Waals surface area contributed by atoms with Crippen molar-refractivity contribution >= 4 is 43.6 Å². The monoisotopic (exact) mass is 621 g/mol. The first-order valence-electron chi connectivity index (χ1n) is 15.1. The summed E-state index contributed by atoms with van der Waals surface area (Å²) >= 11 is 0. The zero-order valence-electron chi connectivity index (χ0n) is 25.7. The number of nitrogens with zero attached hydrogens (tertiary/aromatic N) is 5. The van der Waals surface area contributed by atoms with Gasteiger partial charge in [-0.05, 0) is 74.9 Å². The van der Waals surface area contributed by atoms with Crippen molar-refractivity contribution in [2.24, 2.45) is 0 Å². The number of alkyl halides is 3. The zero-order chi connectivity index (χ0) is 32.6. The van der Waals surface area contributed by atoms with E-state index in [1.807, 2.05) is 79.9 Å². The standard InChI is InChI=1S/C39H26F3N5/c1-22-12-14-29-27-8-4-6-10-32(27)46(34(29)16-22)37-20-31(38-44-23(2)17-24(3)45-38)25(21-43)18-36(37)47-33-11-7-5-9-28(33)30-15-13-26(19-35(30)47)39(40,41)42/h4-20H,1-3H3. The van der Waals surface area contributed by atoms with Gasteiger partial charge < -0.3 is 9.13 Å². The molecule has 0 fully saturated rings. The first-order valence-corrected chi connectivity index (χ1v) is 15.1. The third-order valence-corrected chi connectivity index (χ3v) is 8.77. The van der Waals surface area contributed by atoms with Gasteiger partial charge in [-0.3, -0.25) is 0 Å². The van der Waals surface area contributed by atoms with Gasteiger partial charge in [-0.25, -0.2) is 9.97 Å². The molecular formula is C39H26F3N5. The van der Waals surface area contributed by atoms with Gasteiger partial charge in [0.1, 0.15) is 0 Å². The van der Waals surface area contributed by atoms with Crippen LogP contribution < -0.4 is 0 Å². The predicted octanol–water partition coefficient (Wildman–Crippen LogP) is 10.2. The Bertz CT molecular complexity index is 2600. The van der Waals surface area contributed by atoms with Crippen LogP contribution in [-0.4, -0.2) is 19.1 Å². The number of rotatable bonds is 3.